The van der Waals surface area contributed by atoms with Crippen LogP contribution in [0.4, 0.5) is 0 Å². The van der Waals surface area contributed by atoms with Crippen molar-refractivity contribution in [3.63, 3.8) is 0 Å². The maximum atomic E-state index is 6.50. The highest BCUT2D eigenvalue weighted by Crippen LogP contribution is 2.31. The van der Waals surface area contributed by atoms with Gasteiger partial charge in [0, 0.05) is 0 Å². The van der Waals surface area contributed by atoms with Crippen molar-refractivity contribution in [3.05, 3.63) is 0 Å². The van der Waals surface area contributed by atoms with E-state index in [4.69, 9.17) is 22.2 Å². The second-order valence-corrected chi connectivity index (χ2v) is 16.0. The summed E-state index contributed by atoms with van der Waals surface area (Å²) in [5.41, 5.74) is 0. The average molecular weight is 410 g/mol. The first-order valence-corrected chi connectivity index (χ1v) is 15.8. The highest BCUT2D eigenvalue weighted by atomic mass is 35.7. The van der Waals surface area contributed by atoms with Gasteiger partial charge in [0.25, 0.3) is 6.69 Å². The number of halogens is 2. The molecule has 0 amide bonds. The van der Waals surface area contributed by atoms with Crippen LogP contribution in [-0.4, -0.2) is 6.69 Å². The van der Waals surface area contributed by atoms with Crippen molar-refractivity contribution in [3.8, 4) is 0 Å². The molecular formula is C22H46Cl2Si. The molecule has 0 aliphatic heterocycles. The van der Waals surface area contributed by atoms with Crippen molar-refractivity contribution in [2.75, 3.05) is 0 Å². The summed E-state index contributed by atoms with van der Waals surface area (Å²) in [5.74, 6) is 0.641. The monoisotopic (exact) mass is 408 g/mol. The van der Waals surface area contributed by atoms with E-state index < -0.39 is 6.69 Å². The summed E-state index contributed by atoms with van der Waals surface area (Å²) in [4.78, 5) is 0. The smallest absolute Gasteiger partial charge is 0.146 e. The van der Waals surface area contributed by atoms with Crippen LogP contribution in [0.1, 0.15) is 124 Å². The molecule has 0 rings (SSSR count). The maximum Gasteiger partial charge on any atom is 0.251 e. The molecule has 0 fully saturated rings. The molecule has 3 heteroatoms. The average Bonchev–Trinajstić information content (AvgIpc) is 2.53. The van der Waals surface area contributed by atoms with E-state index in [2.05, 4.69) is 20.8 Å². The van der Waals surface area contributed by atoms with Crippen LogP contribution in [0.3, 0.4) is 0 Å². The Kier molecular flexibility index (Phi) is 18.8. The quantitative estimate of drug-likeness (QED) is 0.113. The molecule has 0 aromatic heterocycles. The Balaban J connectivity index is 3.17. The fourth-order valence-corrected chi connectivity index (χ4v) is 8.45. The van der Waals surface area contributed by atoms with Crippen LogP contribution in [0.5, 0.6) is 0 Å². The largest absolute Gasteiger partial charge is 0.251 e. The van der Waals surface area contributed by atoms with Crippen LogP contribution in [0, 0.1) is 5.92 Å². The summed E-state index contributed by atoms with van der Waals surface area (Å²) in [6.07, 6.45) is 22.7. The Morgan fingerprint density at radius 2 is 0.880 bits per heavy atom. The summed E-state index contributed by atoms with van der Waals surface area (Å²) in [6, 6.07) is 2.14. The number of rotatable bonds is 19. The lowest BCUT2D eigenvalue weighted by Crippen LogP contribution is -2.20. The van der Waals surface area contributed by atoms with Gasteiger partial charge in [-0.1, -0.05) is 124 Å². The Morgan fingerprint density at radius 3 is 1.20 bits per heavy atom. The highest BCUT2D eigenvalue weighted by Gasteiger charge is 2.28. The second-order valence-electron chi connectivity index (χ2n) is 8.51. The van der Waals surface area contributed by atoms with E-state index in [1.165, 1.54) is 103 Å². The van der Waals surface area contributed by atoms with Gasteiger partial charge in [-0.05, 0) is 18.0 Å². The standard InChI is InChI=1S/C22H46Cl2Si/c1-4-5-6-7-8-9-10-11-12-13-14-15-16-17-18-19-20-25(23,24)21-22(2)3/h22H,4-21H2,1-3H3. The molecule has 152 valence electrons. The molecule has 0 bridgehead atoms. The fraction of sp³-hybridized carbons (Fsp3) is 1.00. The molecule has 0 aliphatic carbocycles. The first-order chi connectivity index (χ1) is 12.0. The Bertz CT molecular complexity index is 267. The zero-order valence-corrected chi connectivity index (χ0v) is 20.1. The van der Waals surface area contributed by atoms with Crippen LogP contribution in [0.15, 0.2) is 0 Å². The molecule has 0 atom stereocenters. The molecule has 0 saturated carbocycles. The first kappa shape index (κ1) is 25.8. The minimum atomic E-state index is -1.93. The number of hydrogen-bond donors (Lipinski definition) is 0. The van der Waals surface area contributed by atoms with Crippen LogP contribution in [-0.2, 0) is 0 Å². The molecule has 0 aromatic carbocycles. The van der Waals surface area contributed by atoms with E-state index in [1.807, 2.05) is 0 Å². The van der Waals surface area contributed by atoms with Gasteiger partial charge in [0.15, 0.2) is 0 Å². The molecular weight excluding hydrogens is 363 g/mol. The summed E-state index contributed by atoms with van der Waals surface area (Å²) < 4.78 is 0. The summed E-state index contributed by atoms with van der Waals surface area (Å²) in [7, 11) is 0. The van der Waals surface area contributed by atoms with Gasteiger partial charge < -0.3 is 0 Å². The minimum absolute atomic E-state index is 0.641. The normalized spacial score (nSPS) is 12.2. The molecule has 0 saturated heterocycles. The van der Waals surface area contributed by atoms with Gasteiger partial charge in [0.2, 0.25) is 0 Å². The predicted octanol–water partition coefficient (Wildman–Crippen LogP) is 9.82. The van der Waals surface area contributed by atoms with Gasteiger partial charge in [-0.15, -0.1) is 22.2 Å². The van der Waals surface area contributed by atoms with E-state index in [9.17, 15) is 0 Å². The lowest BCUT2D eigenvalue weighted by molar-refractivity contribution is 0.531. The molecule has 0 N–H and O–H groups in total. The predicted molar refractivity (Wildman–Crippen MR) is 121 cm³/mol. The van der Waals surface area contributed by atoms with E-state index in [1.54, 1.807) is 0 Å². The molecule has 0 radical (unpaired) electrons. The topological polar surface area (TPSA) is 0 Å². The minimum Gasteiger partial charge on any atom is -0.146 e. The Labute approximate surface area is 170 Å². The van der Waals surface area contributed by atoms with E-state index in [-0.39, 0.29) is 0 Å². The first-order valence-electron chi connectivity index (χ1n) is 11.4. The van der Waals surface area contributed by atoms with Crippen molar-refractivity contribution in [1.82, 2.24) is 0 Å². The third kappa shape index (κ3) is 21.0. The SMILES string of the molecule is CCCCCCCCCCCCCCCCCC[Si](Cl)(Cl)CC(C)C. The molecule has 0 nitrogen and oxygen atoms in total. The lowest BCUT2D eigenvalue weighted by atomic mass is 10.0. The number of hydrogen-bond acceptors (Lipinski definition) is 0. The van der Waals surface area contributed by atoms with Gasteiger partial charge in [0.1, 0.15) is 0 Å². The second kappa shape index (κ2) is 18.2. The zero-order valence-electron chi connectivity index (χ0n) is 17.6. The van der Waals surface area contributed by atoms with E-state index in [0.29, 0.717) is 5.92 Å². The Hall–Kier alpha value is 0.797. The third-order valence-corrected chi connectivity index (χ3v) is 9.66. The van der Waals surface area contributed by atoms with Crippen molar-refractivity contribution in [2.24, 2.45) is 5.92 Å². The summed E-state index contributed by atoms with van der Waals surface area (Å²) >= 11 is 13.0. The molecule has 0 aliphatic rings. The molecule has 0 heterocycles. The van der Waals surface area contributed by atoms with Gasteiger partial charge in [-0.25, -0.2) is 0 Å². The van der Waals surface area contributed by atoms with Gasteiger partial charge >= 0.3 is 0 Å². The Morgan fingerprint density at radius 1 is 0.560 bits per heavy atom. The maximum absolute atomic E-state index is 6.50. The highest BCUT2D eigenvalue weighted by molar-refractivity contribution is 7.45. The van der Waals surface area contributed by atoms with Crippen molar-refractivity contribution < 1.29 is 0 Å². The van der Waals surface area contributed by atoms with Crippen molar-refractivity contribution >= 4 is 28.9 Å². The molecule has 0 aromatic rings. The fourth-order valence-electron chi connectivity index (χ4n) is 3.63. The van der Waals surface area contributed by atoms with E-state index in [0.717, 1.165) is 12.1 Å². The van der Waals surface area contributed by atoms with Crippen molar-refractivity contribution in [2.45, 2.75) is 136 Å². The van der Waals surface area contributed by atoms with Crippen LogP contribution >= 0.6 is 22.2 Å². The number of unbranched alkanes of at least 4 members (excludes halogenated alkanes) is 15. The zero-order chi connectivity index (χ0) is 18.8. The molecule has 0 spiro atoms. The van der Waals surface area contributed by atoms with Crippen molar-refractivity contribution in [1.29, 1.82) is 0 Å². The molecule has 0 unspecified atom stereocenters. The third-order valence-electron chi connectivity index (χ3n) is 5.10. The van der Waals surface area contributed by atoms with Gasteiger partial charge in [0.05, 0.1) is 0 Å². The van der Waals surface area contributed by atoms with Crippen LogP contribution in [0.25, 0.3) is 0 Å². The van der Waals surface area contributed by atoms with Gasteiger partial charge in [-0.2, -0.15) is 0 Å². The molecule has 25 heavy (non-hydrogen) atoms. The summed E-state index contributed by atoms with van der Waals surface area (Å²) in [5, 5.41) is 0. The van der Waals surface area contributed by atoms with E-state index >= 15 is 0 Å². The van der Waals surface area contributed by atoms with Gasteiger partial charge in [-0.3, -0.25) is 0 Å². The lowest BCUT2D eigenvalue weighted by Gasteiger charge is -2.18. The van der Waals surface area contributed by atoms with Crippen LogP contribution < -0.4 is 0 Å². The van der Waals surface area contributed by atoms with Crippen LogP contribution in [0.2, 0.25) is 12.1 Å². The summed E-state index contributed by atoms with van der Waals surface area (Å²) in [6.45, 7) is 4.81.